The Labute approximate surface area is 102 Å². The molecule has 1 aromatic heterocycles. The van der Waals surface area contributed by atoms with E-state index in [0.717, 1.165) is 19.0 Å². The van der Waals surface area contributed by atoms with Crippen LogP contribution in [0.25, 0.3) is 0 Å². The average Bonchev–Trinajstić information content (AvgIpc) is 3.07. The molecule has 1 aromatic rings. The van der Waals surface area contributed by atoms with Gasteiger partial charge in [0.25, 0.3) is 5.56 Å². The second-order valence-corrected chi connectivity index (χ2v) is 6.15. The molecule has 2 rings (SSSR count). The molecule has 0 spiro atoms. The van der Waals surface area contributed by atoms with E-state index in [4.69, 9.17) is 5.11 Å². The number of aliphatic hydroxyl groups is 1. The zero-order valence-electron chi connectivity index (χ0n) is 9.39. The molecule has 8 nitrogen and oxygen atoms in total. The maximum Gasteiger partial charge on any atom is 0.325 e. The second-order valence-electron chi connectivity index (χ2n) is 4.42. The predicted molar refractivity (Wildman–Crippen MR) is 61.6 cm³/mol. The third-order valence-corrected chi connectivity index (χ3v) is 4.41. The summed E-state index contributed by atoms with van der Waals surface area (Å²) < 4.78 is 25.9. The number of aromatic nitrogens is 2. The minimum Gasteiger partial charge on any atom is -0.396 e. The van der Waals surface area contributed by atoms with E-state index >= 15 is 0 Å². The number of nitrogens with one attached hydrogen (secondary N) is 3. The molecule has 0 aromatic carbocycles. The number of hydrogen-bond acceptors (Lipinski definition) is 5. The van der Waals surface area contributed by atoms with Crippen LogP contribution in [-0.2, 0) is 10.0 Å². The van der Waals surface area contributed by atoms with Gasteiger partial charge < -0.3 is 10.1 Å². The van der Waals surface area contributed by atoms with Crippen LogP contribution in [0.5, 0.6) is 0 Å². The highest BCUT2D eigenvalue weighted by atomic mass is 32.2. The molecule has 1 fully saturated rings. The van der Waals surface area contributed by atoms with Crippen molar-refractivity contribution < 1.29 is 13.5 Å². The standard InChI is InChI=1S/C9H13N3O5S/c13-5-9(1-2-9)4-11-18(16,17)6-3-10-8(15)12-7(6)14/h3,11,13H,1-2,4-5H2,(H2,10,12,14,15). The summed E-state index contributed by atoms with van der Waals surface area (Å²) in [5.41, 5.74) is -2.14. The molecular weight excluding hydrogens is 262 g/mol. The molecule has 100 valence electrons. The van der Waals surface area contributed by atoms with E-state index in [2.05, 4.69) is 9.71 Å². The van der Waals surface area contributed by atoms with Gasteiger partial charge in [-0.1, -0.05) is 0 Å². The van der Waals surface area contributed by atoms with Crippen molar-refractivity contribution in [1.82, 2.24) is 14.7 Å². The SMILES string of the molecule is O=c1[nH]cc(S(=O)(=O)NCC2(CO)CC2)c(=O)[nH]1. The van der Waals surface area contributed by atoms with Gasteiger partial charge in [0.05, 0.1) is 0 Å². The lowest BCUT2D eigenvalue weighted by Gasteiger charge is -2.12. The van der Waals surface area contributed by atoms with Crippen LogP contribution < -0.4 is 16.0 Å². The van der Waals surface area contributed by atoms with E-state index < -0.39 is 31.6 Å². The Balaban J connectivity index is 2.21. The first-order valence-corrected chi connectivity index (χ1v) is 6.79. The van der Waals surface area contributed by atoms with Gasteiger partial charge in [0, 0.05) is 24.8 Å². The van der Waals surface area contributed by atoms with Crippen LogP contribution in [0.15, 0.2) is 20.7 Å². The van der Waals surface area contributed by atoms with Gasteiger partial charge in [0.2, 0.25) is 10.0 Å². The second kappa shape index (κ2) is 4.34. The number of hydrogen-bond donors (Lipinski definition) is 4. The average molecular weight is 275 g/mol. The molecule has 18 heavy (non-hydrogen) atoms. The van der Waals surface area contributed by atoms with Crippen LogP contribution in [0.1, 0.15) is 12.8 Å². The maximum atomic E-state index is 11.8. The Hall–Kier alpha value is -1.45. The van der Waals surface area contributed by atoms with Crippen molar-refractivity contribution >= 4 is 10.0 Å². The van der Waals surface area contributed by atoms with Gasteiger partial charge in [-0.05, 0) is 12.8 Å². The summed E-state index contributed by atoms with van der Waals surface area (Å²) in [7, 11) is -3.99. The lowest BCUT2D eigenvalue weighted by Crippen LogP contribution is -2.36. The molecule has 0 unspecified atom stereocenters. The topological polar surface area (TPSA) is 132 Å². The highest BCUT2D eigenvalue weighted by Crippen LogP contribution is 2.44. The van der Waals surface area contributed by atoms with Gasteiger partial charge in [-0.2, -0.15) is 0 Å². The van der Waals surface area contributed by atoms with Crippen molar-refractivity contribution in [1.29, 1.82) is 0 Å². The molecular formula is C9H13N3O5S. The van der Waals surface area contributed by atoms with Crippen molar-refractivity contribution in [3.8, 4) is 0 Å². The minimum absolute atomic E-state index is 0.0738. The van der Waals surface area contributed by atoms with E-state index in [1.165, 1.54) is 0 Å². The summed E-state index contributed by atoms with van der Waals surface area (Å²) in [5, 5.41) is 9.06. The molecule has 9 heteroatoms. The quantitative estimate of drug-likeness (QED) is 0.499. The van der Waals surface area contributed by atoms with Crippen LogP contribution in [0.3, 0.4) is 0 Å². The Morgan fingerprint density at radius 3 is 2.56 bits per heavy atom. The monoisotopic (exact) mass is 275 g/mol. The molecule has 1 aliphatic rings. The Kier molecular flexibility index (Phi) is 3.13. The molecule has 0 atom stereocenters. The summed E-state index contributed by atoms with van der Waals surface area (Å²) in [6.45, 7) is -0.0259. The Morgan fingerprint density at radius 1 is 1.39 bits per heavy atom. The van der Waals surface area contributed by atoms with Crippen LogP contribution in [-0.4, -0.2) is 36.6 Å². The summed E-state index contributed by atoms with van der Waals surface area (Å²) in [6, 6.07) is 0. The first-order chi connectivity index (χ1) is 8.38. The smallest absolute Gasteiger partial charge is 0.325 e. The van der Waals surface area contributed by atoms with Crippen molar-refractivity contribution in [2.45, 2.75) is 17.7 Å². The van der Waals surface area contributed by atoms with Crippen molar-refractivity contribution in [3.63, 3.8) is 0 Å². The molecule has 0 amide bonds. The Bertz CT molecular complexity index is 655. The number of aliphatic hydroxyl groups excluding tert-OH is 1. The van der Waals surface area contributed by atoms with Gasteiger partial charge in [0.1, 0.15) is 0 Å². The van der Waals surface area contributed by atoms with E-state index in [1.54, 1.807) is 0 Å². The number of H-pyrrole nitrogens is 2. The van der Waals surface area contributed by atoms with Gasteiger partial charge >= 0.3 is 5.69 Å². The van der Waals surface area contributed by atoms with E-state index in [0.29, 0.717) is 0 Å². The number of rotatable bonds is 5. The van der Waals surface area contributed by atoms with E-state index in [9.17, 15) is 18.0 Å². The predicted octanol–water partition coefficient (Wildman–Crippen LogP) is -1.89. The fraction of sp³-hybridized carbons (Fsp3) is 0.556. The van der Waals surface area contributed by atoms with Crippen LogP contribution in [0.2, 0.25) is 0 Å². The van der Waals surface area contributed by atoms with Crippen molar-refractivity contribution in [2.75, 3.05) is 13.2 Å². The first kappa shape index (κ1) is 13.0. The molecule has 1 heterocycles. The van der Waals surface area contributed by atoms with Gasteiger partial charge in [-0.25, -0.2) is 17.9 Å². The molecule has 0 radical (unpaired) electrons. The molecule has 0 saturated heterocycles. The lowest BCUT2D eigenvalue weighted by atomic mass is 10.1. The minimum atomic E-state index is -3.99. The van der Waals surface area contributed by atoms with E-state index in [-0.39, 0.29) is 13.2 Å². The molecule has 1 saturated carbocycles. The van der Waals surface area contributed by atoms with E-state index in [1.807, 2.05) is 4.98 Å². The molecule has 4 N–H and O–H groups in total. The molecule has 1 aliphatic carbocycles. The summed E-state index contributed by atoms with van der Waals surface area (Å²) in [5.74, 6) is 0. The summed E-state index contributed by atoms with van der Waals surface area (Å²) >= 11 is 0. The molecule has 0 bridgehead atoms. The van der Waals surface area contributed by atoms with Crippen molar-refractivity contribution in [3.05, 3.63) is 27.0 Å². The maximum absolute atomic E-state index is 11.8. The zero-order valence-corrected chi connectivity index (χ0v) is 10.2. The fourth-order valence-corrected chi connectivity index (χ4v) is 2.65. The normalized spacial score (nSPS) is 17.6. The molecule has 0 aliphatic heterocycles. The van der Waals surface area contributed by atoms with Gasteiger partial charge in [-0.3, -0.25) is 9.78 Å². The van der Waals surface area contributed by atoms with Gasteiger partial charge in [-0.15, -0.1) is 0 Å². The van der Waals surface area contributed by atoms with Crippen LogP contribution in [0.4, 0.5) is 0 Å². The summed E-state index contributed by atoms with van der Waals surface area (Å²) in [4.78, 5) is 25.5. The largest absolute Gasteiger partial charge is 0.396 e. The summed E-state index contributed by atoms with van der Waals surface area (Å²) in [6.07, 6.45) is 2.34. The highest BCUT2D eigenvalue weighted by molar-refractivity contribution is 7.89. The number of aromatic amines is 2. The van der Waals surface area contributed by atoms with Gasteiger partial charge in [0.15, 0.2) is 4.90 Å². The van der Waals surface area contributed by atoms with Crippen LogP contribution >= 0.6 is 0 Å². The third kappa shape index (κ3) is 2.52. The zero-order chi connectivity index (χ0) is 13.4. The third-order valence-electron chi connectivity index (χ3n) is 3.00. The fourth-order valence-electron chi connectivity index (χ4n) is 1.49. The van der Waals surface area contributed by atoms with Crippen molar-refractivity contribution in [2.24, 2.45) is 5.41 Å². The Morgan fingerprint density at radius 2 is 2.06 bits per heavy atom. The first-order valence-electron chi connectivity index (χ1n) is 5.31. The highest BCUT2D eigenvalue weighted by Gasteiger charge is 2.42. The lowest BCUT2D eigenvalue weighted by molar-refractivity contribution is 0.213. The van der Waals surface area contributed by atoms with Crippen LogP contribution in [0, 0.1) is 5.41 Å². The number of sulfonamides is 1.